The molecule has 0 spiro atoms. The Bertz CT molecular complexity index is 221. The minimum atomic E-state index is -0.563. The predicted molar refractivity (Wildman–Crippen MR) is 73.7 cm³/mol. The van der Waals surface area contributed by atoms with Crippen molar-refractivity contribution in [2.75, 3.05) is 26.9 Å². The Morgan fingerprint density at radius 3 is 2.39 bits per heavy atom. The lowest BCUT2D eigenvalue weighted by molar-refractivity contribution is -0.148. The summed E-state index contributed by atoms with van der Waals surface area (Å²) in [6.07, 6.45) is 5.02. The van der Waals surface area contributed by atoms with Crippen molar-refractivity contribution in [3.05, 3.63) is 0 Å². The van der Waals surface area contributed by atoms with Crippen LogP contribution in [0.4, 0.5) is 0 Å². The van der Waals surface area contributed by atoms with Gasteiger partial charge in [0, 0.05) is 13.2 Å². The van der Waals surface area contributed by atoms with Gasteiger partial charge in [-0.2, -0.15) is 0 Å². The largest absolute Gasteiger partial charge is 0.468 e. The van der Waals surface area contributed by atoms with Gasteiger partial charge in [-0.25, -0.2) is 0 Å². The van der Waals surface area contributed by atoms with Gasteiger partial charge in [0.1, 0.15) is 5.54 Å². The van der Waals surface area contributed by atoms with Crippen LogP contribution in [0.25, 0.3) is 0 Å². The Labute approximate surface area is 111 Å². The lowest BCUT2D eigenvalue weighted by atomic mass is 9.95. The predicted octanol–water partition coefficient (Wildman–Crippen LogP) is 2.51. The lowest BCUT2D eigenvalue weighted by Crippen LogP contribution is -2.50. The van der Waals surface area contributed by atoms with Gasteiger partial charge in [-0.15, -0.1) is 0 Å². The Morgan fingerprint density at radius 2 is 1.83 bits per heavy atom. The third-order valence-corrected chi connectivity index (χ3v) is 3.06. The van der Waals surface area contributed by atoms with Gasteiger partial charge in [-0.3, -0.25) is 4.79 Å². The highest BCUT2D eigenvalue weighted by Gasteiger charge is 2.32. The van der Waals surface area contributed by atoms with Crippen LogP contribution in [0.5, 0.6) is 0 Å². The smallest absolute Gasteiger partial charge is 0.325 e. The monoisotopic (exact) mass is 259 g/mol. The van der Waals surface area contributed by atoms with E-state index in [1.807, 2.05) is 13.8 Å². The van der Waals surface area contributed by atoms with Gasteiger partial charge >= 0.3 is 5.97 Å². The van der Waals surface area contributed by atoms with Gasteiger partial charge in [-0.05, 0) is 39.2 Å². The molecule has 0 aliphatic heterocycles. The van der Waals surface area contributed by atoms with Crippen molar-refractivity contribution in [3.63, 3.8) is 0 Å². The van der Waals surface area contributed by atoms with Crippen LogP contribution in [0.2, 0.25) is 0 Å². The van der Waals surface area contributed by atoms with Gasteiger partial charge in [0.25, 0.3) is 0 Å². The number of hydrogen-bond acceptors (Lipinski definition) is 4. The van der Waals surface area contributed by atoms with Crippen LogP contribution >= 0.6 is 0 Å². The van der Waals surface area contributed by atoms with E-state index < -0.39 is 5.54 Å². The fourth-order valence-corrected chi connectivity index (χ4v) is 1.91. The molecule has 108 valence electrons. The molecule has 18 heavy (non-hydrogen) atoms. The number of esters is 1. The molecule has 0 bridgehead atoms. The van der Waals surface area contributed by atoms with Crippen LogP contribution in [-0.4, -0.2) is 38.4 Å². The molecule has 1 N–H and O–H groups in total. The van der Waals surface area contributed by atoms with E-state index >= 15 is 0 Å². The molecule has 0 heterocycles. The topological polar surface area (TPSA) is 47.6 Å². The highest BCUT2D eigenvalue weighted by atomic mass is 16.5. The van der Waals surface area contributed by atoms with Gasteiger partial charge in [0.2, 0.25) is 0 Å². The summed E-state index contributed by atoms with van der Waals surface area (Å²) in [6.45, 7) is 8.44. The molecule has 0 aliphatic carbocycles. The van der Waals surface area contributed by atoms with Crippen LogP contribution in [0.15, 0.2) is 0 Å². The fourth-order valence-electron chi connectivity index (χ4n) is 1.91. The van der Waals surface area contributed by atoms with Gasteiger partial charge in [-0.1, -0.05) is 20.3 Å². The molecule has 0 radical (unpaired) electrons. The highest BCUT2D eigenvalue weighted by molar-refractivity contribution is 5.80. The summed E-state index contributed by atoms with van der Waals surface area (Å²) in [5.74, 6) is -0.184. The second-order valence-corrected chi connectivity index (χ2v) is 4.78. The Kier molecular flexibility index (Phi) is 9.98. The number of hydrogen-bond donors (Lipinski definition) is 1. The summed E-state index contributed by atoms with van der Waals surface area (Å²) >= 11 is 0. The summed E-state index contributed by atoms with van der Waals surface area (Å²) in [6, 6.07) is 0. The molecule has 0 fully saturated rings. The molecule has 0 rings (SSSR count). The van der Waals surface area contributed by atoms with E-state index in [1.54, 1.807) is 0 Å². The van der Waals surface area contributed by atoms with Gasteiger partial charge < -0.3 is 14.8 Å². The minimum absolute atomic E-state index is 0.184. The first kappa shape index (κ1) is 17.4. The molecule has 1 atom stereocenters. The number of likely N-dealkylation sites (N-methyl/N-ethyl adjacent to an activating group) is 1. The minimum Gasteiger partial charge on any atom is -0.468 e. The Hall–Kier alpha value is -0.610. The zero-order valence-corrected chi connectivity index (χ0v) is 12.4. The summed E-state index contributed by atoms with van der Waals surface area (Å²) in [5.41, 5.74) is -0.563. The maximum Gasteiger partial charge on any atom is 0.325 e. The van der Waals surface area contributed by atoms with Crippen LogP contribution in [-0.2, 0) is 14.3 Å². The zero-order valence-electron chi connectivity index (χ0n) is 12.4. The van der Waals surface area contributed by atoms with Crippen molar-refractivity contribution in [2.24, 2.45) is 0 Å². The van der Waals surface area contributed by atoms with E-state index in [0.717, 1.165) is 45.4 Å². The molecule has 0 aromatic rings. The number of nitrogens with one attached hydrogen (secondary N) is 1. The van der Waals surface area contributed by atoms with Crippen molar-refractivity contribution < 1.29 is 14.3 Å². The van der Waals surface area contributed by atoms with Crippen LogP contribution in [0.1, 0.15) is 52.9 Å². The molecular formula is C14H29NO3. The molecule has 4 nitrogen and oxygen atoms in total. The first-order chi connectivity index (χ1) is 8.60. The van der Waals surface area contributed by atoms with Crippen molar-refractivity contribution >= 4 is 5.97 Å². The second kappa shape index (κ2) is 10.3. The van der Waals surface area contributed by atoms with Gasteiger partial charge in [0.05, 0.1) is 7.11 Å². The molecule has 0 saturated carbocycles. The number of carbonyl (C=O) groups excluding carboxylic acids is 1. The van der Waals surface area contributed by atoms with E-state index in [-0.39, 0.29) is 5.97 Å². The van der Waals surface area contributed by atoms with E-state index in [0.29, 0.717) is 0 Å². The van der Waals surface area contributed by atoms with Crippen molar-refractivity contribution in [1.82, 2.24) is 5.32 Å². The van der Waals surface area contributed by atoms with E-state index in [4.69, 9.17) is 9.47 Å². The Balaban J connectivity index is 3.80. The first-order valence-corrected chi connectivity index (χ1v) is 7.02. The highest BCUT2D eigenvalue weighted by Crippen LogP contribution is 2.15. The quantitative estimate of drug-likeness (QED) is 0.457. The first-order valence-electron chi connectivity index (χ1n) is 7.02. The van der Waals surface area contributed by atoms with Crippen molar-refractivity contribution in [3.8, 4) is 0 Å². The number of rotatable bonds is 11. The normalized spacial score (nSPS) is 14.2. The lowest BCUT2D eigenvalue weighted by Gasteiger charge is -2.27. The molecule has 0 aliphatic rings. The average molecular weight is 259 g/mol. The second-order valence-electron chi connectivity index (χ2n) is 4.78. The third kappa shape index (κ3) is 6.97. The van der Waals surface area contributed by atoms with Crippen molar-refractivity contribution in [1.29, 1.82) is 0 Å². The Morgan fingerprint density at radius 1 is 1.17 bits per heavy atom. The summed E-state index contributed by atoms with van der Waals surface area (Å²) < 4.78 is 10.3. The standard InChI is InChI=1S/C14H29NO3/c1-5-7-11-18-12-9-8-10-14(3,15-6-2)13(16)17-4/h15H,5-12H2,1-4H3. The van der Waals surface area contributed by atoms with Crippen LogP contribution in [0.3, 0.4) is 0 Å². The number of carbonyl (C=O) groups is 1. The van der Waals surface area contributed by atoms with Crippen LogP contribution < -0.4 is 5.32 Å². The molecule has 0 saturated heterocycles. The average Bonchev–Trinajstić information content (AvgIpc) is 2.37. The van der Waals surface area contributed by atoms with E-state index in [1.165, 1.54) is 13.5 Å². The molecule has 0 aromatic heterocycles. The molecule has 0 aromatic carbocycles. The van der Waals surface area contributed by atoms with Gasteiger partial charge in [0.15, 0.2) is 0 Å². The summed E-state index contributed by atoms with van der Waals surface area (Å²) in [7, 11) is 1.44. The summed E-state index contributed by atoms with van der Waals surface area (Å²) in [4.78, 5) is 11.7. The maximum atomic E-state index is 11.7. The number of methoxy groups -OCH3 is 1. The SMILES string of the molecule is CCCCOCCCCC(C)(NCC)C(=O)OC. The third-order valence-electron chi connectivity index (χ3n) is 3.06. The molecule has 1 unspecified atom stereocenters. The van der Waals surface area contributed by atoms with E-state index in [9.17, 15) is 4.79 Å². The number of ether oxygens (including phenoxy) is 2. The zero-order chi connectivity index (χ0) is 13.9. The van der Waals surface area contributed by atoms with Crippen molar-refractivity contribution in [2.45, 2.75) is 58.4 Å². The summed E-state index contributed by atoms with van der Waals surface area (Å²) in [5, 5.41) is 3.21. The maximum absolute atomic E-state index is 11.7. The fraction of sp³-hybridized carbons (Fsp3) is 0.929. The number of unbranched alkanes of at least 4 members (excludes halogenated alkanes) is 2. The molecular weight excluding hydrogens is 230 g/mol. The molecule has 0 amide bonds. The molecule has 4 heteroatoms. The van der Waals surface area contributed by atoms with Crippen LogP contribution in [0, 0.1) is 0 Å². The van der Waals surface area contributed by atoms with E-state index in [2.05, 4.69) is 12.2 Å².